The number of benzene rings is 2. The Labute approximate surface area is 163 Å². The lowest BCUT2D eigenvalue weighted by atomic mass is 10.0. The third-order valence-electron chi connectivity index (χ3n) is 4.48. The van der Waals surface area contributed by atoms with Crippen LogP contribution in [0.1, 0.15) is 0 Å². The van der Waals surface area contributed by atoms with Gasteiger partial charge in [0.05, 0.1) is 10.5 Å². The molecule has 136 valence electrons. The Kier molecular flexibility index (Phi) is 3.87. The largest absolute Gasteiger partial charge is 0.340 e. The molecule has 28 heavy (non-hydrogen) atoms. The van der Waals surface area contributed by atoms with E-state index >= 15 is 0 Å². The van der Waals surface area contributed by atoms with Crippen LogP contribution in [-0.4, -0.2) is 25.1 Å². The van der Waals surface area contributed by atoms with Crippen LogP contribution >= 0.6 is 11.6 Å². The van der Waals surface area contributed by atoms with Gasteiger partial charge in [0.25, 0.3) is 0 Å². The van der Waals surface area contributed by atoms with Crippen molar-refractivity contribution >= 4 is 44.8 Å². The molecule has 0 bridgehead atoms. The number of aromatic nitrogens is 5. The third kappa shape index (κ3) is 2.73. The maximum Gasteiger partial charge on any atom is 0.163 e. The average Bonchev–Trinajstić information content (AvgIpc) is 3.25. The van der Waals surface area contributed by atoms with Crippen LogP contribution in [0.5, 0.6) is 0 Å². The number of nitrogens with one attached hydrogen (secondary N) is 2. The molecule has 0 amide bonds. The SMILES string of the molecule is Fc1ccc(Nc2nc3c(-c4nnc[nH]4)cccc3c3cnccc23)cc1Cl. The molecule has 6 nitrogen and oxygen atoms in total. The van der Waals surface area contributed by atoms with E-state index in [1.54, 1.807) is 18.5 Å². The van der Waals surface area contributed by atoms with E-state index in [2.05, 4.69) is 25.5 Å². The summed E-state index contributed by atoms with van der Waals surface area (Å²) in [6, 6.07) is 12.2. The topological polar surface area (TPSA) is 79.4 Å². The number of nitrogens with zero attached hydrogens (tertiary/aromatic N) is 4. The molecule has 0 saturated heterocycles. The molecule has 8 heteroatoms. The molecule has 0 unspecified atom stereocenters. The number of pyridine rings is 2. The number of hydrogen-bond donors (Lipinski definition) is 2. The number of hydrogen-bond acceptors (Lipinski definition) is 5. The molecular formula is C20H12ClFN6. The zero-order chi connectivity index (χ0) is 19.1. The Hall–Kier alpha value is -3.58. The highest BCUT2D eigenvalue weighted by Crippen LogP contribution is 2.34. The number of para-hydroxylation sites is 1. The number of anilines is 2. The lowest BCUT2D eigenvalue weighted by molar-refractivity contribution is 0.628. The van der Waals surface area contributed by atoms with Crippen LogP contribution in [0, 0.1) is 5.82 Å². The van der Waals surface area contributed by atoms with Gasteiger partial charge in [0.1, 0.15) is 18.0 Å². The molecule has 0 aliphatic carbocycles. The molecule has 0 atom stereocenters. The van der Waals surface area contributed by atoms with Crippen LogP contribution in [-0.2, 0) is 0 Å². The second-order valence-corrected chi connectivity index (χ2v) is 6.58. The summed E-state index contributed by atoms with van der Waals surface area (Å²) >= 11 is 5.92. The molecule has 5 aromatic rings. The molecule has 0 fully saturated rings. The minimum Gasteiger partial charge on any atom is -0.340 e. The van der Waals surface area contributed by atoms with Crippen LogP contribution < -0.4 is 5.32 Å². The predicted octanol–water partition coefficient (Wildman–Crippen LogP) is 5.10. The first-order valence-electron chi connectivity index (χ1n) is 8.45. The van der Waals surface area contributed by atoms with Crippen LogP contribution in [0.2, 0.25) is 5.02 Å². The van der Waals surface area contributed by atoms with Crippen molar-refractivity contribution in [3.8, 4) is 11.4 Å². The first kappa shape index (κ1) is 16.6. The number of halogens is 2. The molecule has 0 saturated carbocycles. The zero-order valence-electron chi connectivity index (χ0n) is 14.3. The molecule has 0 aliphatic rings. The normalized spacial score (nSPS) is 11.2. The van der Waals surface area contributed by atoms with Crippen molar-refractivity contribution in [3.05, 3.63) is 72.0 Å². The van der Waals surface area contributed by atoms with Crippen molar-refractivity contribution in [1.82, 2.24) is 25.1 Å². The van der Waals surface area contributed by atoms with Crippen molar-refractivity contribution in [1.29, 1.82) is 0 Å². The van der Waals surface area contributed by atoms with Gasteiger partial charge in [-0.05, 0) is 30.3 Å². The Morgan fingerprint density at radius 1 is 1.04 bits per heavy atom. The van der Waals surface area contributed by atoms with E-state index in [0.717, 1.165) is 27.2 Å². The van der Waals surface area contributed by atoms with Gasteiger partial charge in [0.15, 0.2) is 5.82 Å². The molecule has 2 aromatic carbocycles. The predicted molar refractivity (Wildman–Crippen MR) is 107 cm³/mol. The second kappa shape index (κ2) is 6.54. The summed E-state index contributed by atoms with van der Waals surface area (Å²) in [5.41, 5.74) is 2.20. The van der Waals surface area contributed by atoms with Gasteiger partial charge in [-0.25, -0.2) is 9.37 Å². The van der Waals surface area contributed by atoms with E-state index in [1.165, 1.54) is 18.5 Å². The standard InChI is InChI=1S/C20H12ClFN6/c21-16-8-11(4-5-17(16)22)26-20-13-6-7-23-9-15(13)12-2-1-3-14(18(12)27-20)19-24-10-25-28-19/h1-10H,(H,26,27)(H,24,25,28). The molecule has 0 aliphatic heterocycles. The lowest BCUT2D eigenvalue weighted by Gasteiger charge is -2.13. The van der Waals surface area contributed by atoms with Gasteiger partial charge in [-0.1, -0.05) is 23.7 Å². The van der Waals surface area contributed by atoms with Gasteiger partial charge in [-0.15, -0.1) is 10.2 Å². The van der Waals surface area contributed by atoms with Gasteiger partial charge in [0, 0.05) is 39.8 Å². The zero-order valence-corrected chi connectivity index (χ0v) is 15.1. The summed E-state index contributed by atoms with van der Waals surface area (Å²) < 4.78 is 13.5. The fourth-order valence-electron chi connectivity index (χ4n) is 3.20. The number of fused-ring (bicyclic) bond motifs is 3. The Bertz CT molecular complexity index is 1320. The van der Waals surface area contributed by atoms with Crippen molar-refractivity contribution in [2.45, 2.75) is 0 Å². The maximum absolute atomic E-state index is 13.5. The highest BCUT2D eigenvalue weighted by Gasteiger charge is 2.14. The van der Waals surface area contributed by atoms with Gasteiger partial charge in [-0.2, -0.15) is 0 Å². The highest BCUT2D eigenvalue weighted by atomic mass is 35.5. The summed E-state index contributed by atoms with van der Waals surface area (Å²) in [6.07, 6.45) is 5.03. The second-order valence-electron chi connectivity index (χ2n) is 6.17. The van der Waals surface area contributed by atoms with Crippen LogP contribution in [0.3, 0.4) is 0 Å². The minimum atomic E-state index is -0.472. The van der Waals surface area contributed by atoms with Crippen molar-refractivity contribution in [2.75, 3.05) is 5.32 Å². The highest BCUT2D eigenvalue weighted by molar-refractivity contribution is 6.31. The molecule has 2 N–H and O–H groups in total. The van der Waals surface area contributed by atoms with E-state index in [1.807, 2.05) is 24.3 Å². The van der Waals surface area contributed by atoms with Gasteiger partial charge >= 0.3 is 0 Å². The van der Waals surface area contributed by atoms with Crippen molar-refractivity contribution in [2.24, 2.45) is 0 Å². The Balaban J connectivity index is 1.77. The average molecular weight is 391 g/mol. The first-order chi connectivity index (χ1) is 13.7. The van der Waals surface area contributed by atoms with E-state index in [4.69, 9.17) is 16.6 Å². The van der Waals surface area contributed by atoms with Crippen molar-refractivity contribution < 1.29 is 4.39 Å². The summed E-state index contributed by atoms with van der Waals surface area (Å²) in [5.74, 6) is 0.761. The number of rotatable bonds is 3. The fourth-order valence-corrected chi connectivity index (χ4v) is 3.38. The Morgan fingerprint density at radius 3 is 2.79 bits per heavy atom. The van der Waals surface area contributed by atoms with E-state index < -0.39 is 5.82 Å². The molecule has 3 heterocycles. The first-order valence-corrected chi connectivity index (χ1v) is 8.83. The lowest BCUT2D eigenvalue weighted by Crippen LogP contribution is -1.98. The third-order valence-corrected chi connectivity index (χ3v) is 4.77. The molecule has 0 radical (unpaired) electrons. The number of H-pyrrole nitrogens is 1. The van der Waals surface area contributed by atoms with Crippen LogP contribution in [0.25, 0.3) is 33.1 Å². The molecule has 3 aromatic heterocycles. The van der Waals surface area contributed by atoms with Gasteiger partial charge in [0.2, 0.25) is 0 Å². The van der Waals surface area contributed by atoms with Crippen LogP contribution in [0.15, 0.2) is 61.2 Å². The monoisotopic (exact) mass is 390 g/mol. The number of aromatic amines is 1. The Morgan fingerprint density at radius 2 is 1.96 bits per heavy atom. The van der Waals surface area contributed by atoms with E-state index in [0.29, 0.717) is 17.3 Å². The summed E-state index contributed by atoms with van der Waals surface area (Å²) in [6.45, 7) is 0. The quantitative estimate of drug-likeness (QED) is 0.419. The van der Waals surface area contributed by atoms with E-state index in [9.17, 15) is 4.39 Å². The molecule has 0 spiro atoms. The van der Waals surface area contributed by atoms with Crippen LogP contribution in [0.4, 0.5) is 15.9 Å². The van der Waals surface area contributed by atoms with Gasteiger partial charge < -0.3 is 10.3 Å². The summed E-state index contributed by atoms with van der Waals surface area (Å²) in [5, 5.41) is 14.0. The molecule has 5 rings (SSSR count). The van der Waals surface area contributed by atoms with Gasteiger partial charge in [-0.3, -0.25) is 4.98 Å². The van der Waals surface area contributed by atoms with E-state index in [-0.39, 0.29) is 5.02 Å². The minimum absolute atomic E-state index is 0.0408. The molecular weight excluding hydrogens is 379 g/mol. The smallest absolute Gasteiger partial charge is 0.163 e. The summed E-state index contributed by atoms with van der Waals surface area (Å²) in [4.78, 5) is 12.1. The maximum atomic E-state index is 13.5. The fraction of sp³-hybridized carbons (Fsp3) is 0. The summed E-state index contributed by atoms with van der Waals surface area (Å²) in [7, 11) is 0. The van der Waals surface area contributed by atoms with Crippen molar-refractivity contribution in [3.63, 3.8) is 0 Å².